The summed E-state index contributed by atoms with van der Waals surface area (Å²) in [5.74, 6) is 0.742. The van der Waals surface area contributed by atoms with Crippen molar-refractivity contribution in [3.05, 3.63) is 54.4 Å². The zero-order chi connectivity index (χ0) is 11.5. The smallest absolute Gasteiger partial charge is 0.0543 e. The van der Waals surface area contributed by atoms with Crippen molar-refractivity contribution in [3.8, 4) is 0 Å². The summed E-state index contributed by atoms with van der Waals surface area (Å²) in [6.07, 6.45) is 6.60. The van der Waals surface area contributed by atoms with Crippen molar-refractivity contribution in [1.29, 1.82) is 0 Å². The van der Waals surface area contributed by atoms with E-state index in [0.717, 1.165) is 19.0 Å². The number of hydrogen-bond acceptors (Lipinski definition) is 1. The third-order valence-electron chi connectivity index (χ3n) is 3.71. The molecule has 17 heavy (non-hydrogen) atoms. The van der Waals surface area contributed by atoms with Crippen LogP contribution in [0.25, 0.3) is 0 Å². The second-order valence-electron chi connectivity index (χ2n) is 4.74. The van der Waals surface area contributed by atoms with Crippen molar-refractivity contribution < 1.29 is 0 Å². The minimum absolute atomic E-state index is 0.742. The van der Waals surface area contributed by atoms with Gasteiger partial charge < -0.3 is 9.88 Å². The molecule has 1 aromatic heterocycles. The maximum atomic E-state index is 3.13. The molecule has 0 spiro atoms. The Morgan fingerprint density at radius 1 is 1.00 bits per heavy atom. The molecule has 1 aromatic carbocycles. The number of anilines is 1. The molecular weight excluding hydrogens is 208 g/mol. The number of H-pyrrole nitrogens is 1. The van der Waals surface area contributed by atoms with Gasteiger partial charge in [-0.2, -0.15) is 0 Å². The van der Waals surface area contributed by atoms with Gasteiger partial charge in [-0.15, -0.1) is 0 Å². The Hall–Kier alpha value is -1.70. The first-order valence-corrected chi connectivity index (χ1v) is 6.36. The summed E-state index contributed by atoms with van der Waals surface area (Å²) < 4.78 is 0. The van der Waals surface area contributed by atoms with Gasteiger partial charge in [-0.25, -0.2) is 0 Å². The number of aromatic amines is 1. The van der Waals surface area contributed by atoms with E-state index in [-0.39, 0.29) is 0 Å². The molecular formula is C15H18N2. The van der Waals surface area contributed by atoms with Crippen molar-refractivity contribution in [2.24, 2.45) is 0 Å². The molecule has 2 heterocycles. The predicted octanol–water partition coefficient (Wildman–Crippen LogP) is 3.40. The van der Waals surface area contributed by atoms with E-state index in [2.05, 4.69) is 52.5 Å². The molecule has 1 N–H and O–H groups in total. The molecule has 1 fully saturated rings. The first-order valence-electron chi connectivity index (χ1n) is 6.36. The highest BCUT2D eigenvalue weighted by Gasteiger charge is 2.20. The van der Waals surface area contributed by atoms with Crippen LogP contribution < -0.4 is 4.90 Å². The van der Waals surface area contributed by atoms with E-state index in [1.165, 1.54) is 24.1 Å². The fraction of sp³-hybridized carbons (Fsp3) is 0.333. The Bertz CT molecular complexity index is 439. The Morgan fingerprint density at radius 3 is 2.41 bits per heavy atom. The monoisotopic (exact) mass is 226 g/mol. The molecule has 1 aliphatic heterocycles. The van der Waals surface area contributed by atoms with E-state index in [0.29, 0.717) is 0 Å². The van der Waals surface area contributed by atoms with Crippen molar-refractivity contribution in [1.82, 2.24) is 4.98 Å². The third-order valence-corrected chi connectivity index (χ3v) is 3.71. The quantitative estimate of drug-likeness (QED) is 0.831. The Labute approximate surface area is 102 Å². The highest BCUT2D eigenvalue weighted by molar-refractivity contribution is 5.44. The van der Waals surface area contributed by atoms with E-state index in [1.54, 1.807) is 0 Å². The van der Waals surface area contributed by atoms with Crippen LogP contribution in [0.3, 0.4) is 0 Å². The molecule has 2 nitrogen and oxygen atoms in total. The fourth-order valence-corrected chi connectivity index (χ4v) is 2.71. The number of rotatable bonds is 2. The minimum atomic E-state index is 0.742. The summed E-state index contributed by atoms with van der Waals surface area (Å²) >= 11 is 0. The van der Waals surface area contributed by atoms with E-state index < -0.39 is 0 Å². The third kappa shape index (κ3) is 2.21. The molecule has 0 saturated carbocycles. The molecule has 3 rings (SSSR count). The zero-order valence-electron chi connectivity index (χ0n) is 9.97. The lowest BCUT2D eigenvalue weighted by Gasteiger charge is -2.33. The molecule has 1 aliphatic rings. The molecule has 2 aromatic rings. The Kier molecular flexibility index (Phi) is 2.87. The molecule has 0 radical (unpaired) electrons. The number of nitrogens with one attached hydrogen (secondary N) is 1. The van der Waals surface area contributed by atoms with Gasteiger partial charge in [0.1, 0.15) is 0 Å². The van der Waals surface area contributed by atoms with Crippen LogP contribution >= 0.6 is 0 Å². The van der Waals surface area contributed by atoms with E-state index >= 15 is 0 Å². The molecule has 0 bridgehead atoms. The normalized spacial score (nSPS) is 17.3. The van der Waals surface area contributed by atoms with Crippen LogP contribution in [-0.2, 0) is 0 Å². The summed E-state index contributed by atoms with van der Waals surface area (Å²) in [6, 6.07) is 13.1. The second-order valence-corrected chi connectivity index (χ2v) is 4.74. The lowest BCUT2D eigenvalue weighted by molar-refractivity contribution is 0.505. The van der Waals surface area contributed by atoms with Gasteiger partial charge in [0, 0.05) is 25.5 Å². The van der Waals surface area contributed by atoms with E-state index in [1.807, 2.05) is 6.20 Å². The SMILES string of the molecule is c1ccc(C2CCN(c3cc[nH]c3)CC2)cc1. The van der Waals surface area contributed by atoms with Crippen molar-refractivity contribution in [2.45, 2.75) is 18.8 Å². The maximum absolute atomic E-state index is 3.13. The molecule has 0 unspecified atom stereocenters. The van der Waals surface area contributed by atoms with Crippen molar-refractivity contribution >= 4 is 5.69 Å². The van der Waals surface area contributed by atoms with E-state index in [4.69, 9.17) is 0 Å². The van der Waals surface area contributed by atoms with Crippen LogP contribution in [0.2, 0.25) is 0 Å². The van der Waals surface area contributed by atoms with Gasteiger partial charge in [-0.3, -0.25) is 0 Å². The van der Waals surface area contributed by atoms with Gasteiger partial charge in [0.05, 0.1) is 5.69 Å². The number of piperidine rings is 1. The predicted molar refractivity (Wildman–Crippen MR) is 71.4 cm³/mol. The first kappa shape index (κ1) is 10.5. The summed E-state index contributed by atoms with van der Waals surface area (Å²) in [5, 5.41) is 0. The maximum Gasteiger partial charge on any atom is 0.0543 e. The fourth-order valence-electron chi connectivity index (χ4n) is 2.71. The Morgan fingerprint density at radius 2 is 1.76 bits per heavy atom. The number of nitrogens with zero attached hydrogens (tertiary/aromatic N) is 1. The largest absolute Gasteiger partial charge is 0.370 e. The lowest BCUT2D eigenvalue weighted by atomic mass is 9.89. The van der Waals surface area contributed by atoms with Gasteiger partial charge in [0.25, 0.3) is 0 Å². The summed E-state index contributed by atoms with van der Waals surface area (Å²) in [6.45, 7) is 2.33. The summed E-state index contributed by atoms with van der Waals surface area (Å²) in [4.78, 5) is 5.60. The number of aromatic nitrogens is 1. The average molecular weight is 226 g/mol. The summed E-state index contributed by atoms with van der Waals surface area (Å²) in [5.41, 5.74) is 2.83. The molecule has 1 saturated heterocycles. The minimum Gasteiger partial charge on any atom is -0.370 e. The Balaban J connectivity index is 1.65. The van der Waals surface area contributed by atoms with Crippen LogP contribution in [0.15, 0.2) is 48.8 Å². The van der Waals surface area contributed by atoms with Crippen molar-refractivity contribution in [3.63, 3.8) is 0 Å². The van der Waals surface area contributed by atoms with Crippen LogP contribution in [0.5, 0.6) is 0 Å². The van der Waals surface area contributed by atoms with Gasteiger partial charge in [0.15, 0.2) is 0 Å². The zero-order valence-corrected chi connectivity index (χ0v) is 9.97. The highest BCUT2D eigenvalue weighted by atomic mass is 15.1. The van der Waals surface area contributed by atoms with Crippen LogP contribution in [0.4, 0.5) is 5.69 Å². The van der Waals surface area contributed by atoms with Gasteiger partial charge in [0.2, 0.25) is 0 Å². The van der Waals surface area contributed by atoms with Crippen LogP contribution in [0, 0.1) is 0 Å². The van der Waals surface area contributed by atoms with Gasteiger partial charge >= 0.3 is 0 Å². The highest BCUT2D eigenvalue weighted by Crippen LogP contribution is 2.29. The molecule has 0 amide bonds. The van der Waals surface area contributed by atoms with Gasteiger partial charge in [-0.1, -0.05) is 30.3 Å². The standard InChI is InChI=1S/C15H18N2/c1-2-4-13(5-3-1)14-7-10-17(11-8-14)15-6-9-16-12-15/h1-6,9,12,14,16H,7-8,10-11H2. The second kappa shape index (κ2) is 4.66. The number of hydrogen-bond donors (Lipinski definition) is 1. The molecule has 2 heteroatoms. The van der Waals surface area contributed by atoms with E-state index in [9.17, 15) is 0 Å². The van der Waals surface area contributed by atoms with Crippen molar-refractivity contribution in [2.75, 3.05) is 18.0 Å². The van der Waals surface area contributed by atoms with Gasteiger partial charge in [-0.05, 0) is 30.4 Å². The summed E-state index contributed by atoms with van der Waals surface area (Å²) in [7, 11) is 0. The van der Waals surface area contributed by atoms with Crippen LogP contribution in [-0.4, -0.2) is 18.1 Å². The first-order chi connectivity index (χ1) is 8.43. The number of benzene rings is 1. The topological polar surface area (TPSA) is 19.0 Å². The molecule has 88 valence electrons. The lowest BCUT2D eigenvalue weighted by Crippen LogP contribution is -2.32. The molecule has 0 aliphatic carbocycles. The molecule has 0 atom stereocenters. The average Bonchev–Trinajstić information content (AvgIpc) is 2.94. The van der Waals surface area contributed by atoms with Crippen LogP contribution in [0.1, 0.15) is 24.3 Å².